The van der Waals surface area contributed by atoms with E-state index < -0.39 is 10.0 Å². The normalized spacial score (nSPS) is 18.2. The van der Waals surface area contributed by atoms with Crippen LogP contribution >= 0.6 is 23.2 Å². The SMILES string of the molecule is O=S(=O)(c1cc(Cl)cc(CO)c1Cl)N1CCCCCCC1. The highest BCUT2D eigenvalue weighted by molar-refractivity contribution is 7.89. The van der Waals surface area contributed by atoms with E-state index in [2.05, 4.69) is 0 Å². The highest BCUT2D eigenvalue weighted by Gasteiger charge is 2.28. The highest BCUT2D eigenvalue weighted by atomic mass is 35.5. The molecule has 4 nitrogen and oxygen atoms in total. The third-order valence-electron chi connectivity index (χ3n) is 3.68. The Morgan fingerprint density at radius 2 is 1.62 bits per heavy atom. The molecule has 7 heteroatoms. The molecule has 1 aliphatic rings. The maximum Gasteiger partial charge on any atom is 0.244 e. The molecular formula is C14H19Cl2NO3S. The second kappa shape index (κ2) is 7.29. The first-order valence-corrected chi connectivity index (χ1v) is 9.25. The maximum absolute atomic E-state index is 12.8. The van der Waals surface area contributed by atoms with Crippen LogP contribution in [0, 0.1) is 0 Å². The zero-order chi connectivity index (χ0) is 15.5. The minimum atomic E-state index is -3.68. The molecule has 1 aliphatic heterocycles. The Morgan fingerprint density at radius 3 is 2.19 bits per heavy atom. The van der Waals surface area contributed by atoms with E-state index in [-0.39, 0.29) is 21.5 Å². The number of rotatable bonds is 3. The van der Waals surface area contributed by atoms with Crippen molar-refractivity contribution in [1.29, 1.82) is 0 Å². The highest BCUT2D eigenvalue weighted by Crippen LogP contribution is 2.32. The zero-order valence-corrected chi connectivity index (χ0v) is 14.0. The minimum absolute atomic E-state index is 0.0127. The molecule has 0 atom stereocenters. The number of sulfonamides is 1. The monoisotopic (exact) mass is 351 g/mol. The van der Waals surface area contributed by atoms with Gasteiger partial charge in [-0.2, -0.15) is 4.31 Å². The van der Waals surface area contributed by atoms with E-state index in [1.165, 1.54) is 16.4 Å². The van der Waals surface area contributed by atoms with E-state index in [9.17, 15) is 13.5 Å². The van der Waals surface area contributed by atoms with Gasteiger partial charge in [0.05, 0.1) is 11.6 Å². The first kappa shape index (κ1) is 17.0. The first-order chi connectivity index (χ1) is 9.96. The molecule has 0 spiro atoms. The van der Waals surface area contributed by atoms with Crippen molar-refractivity contribution in [1.82, 2.24) is 4.31 Å². The summed E-state index contributed by atoms with van der Waals surface area (Å²) in [4.78, 5) is -0.0127. The smallest absolute Gasteiger partial charge is 0.244 e. The lowest BCUT2D eigenvalue weighted by Crippen LogP contribution is -2.34. The average Bonchev–Trinajstić information content (AvgIpc) is 2.40. The number of aliphatic hydroxyl groups is 1. The molecule has 1 heterocycles. The van der Waals surface area contributed by atoms with Gasteiger partial charge in [0.15, 0.2) is 0 Å². The molecule has 0 unspecified atom stereocenters. The molecule has 0 aliphatic carbocycles. The Bertz CT molecular complexity index is 596. The average molecular weight is 352 g/mol. The van der Waals surface area contributed by atoms with Gasteiger partial charge in [0.25, 0.3) is 0 Å². The molecule has 21 heavy (non-hydrogen) atoms. The molecule has 1 aromatic rings. The Balaban J connectivity index is 2.40. The van der Waals surface area contributed by atoms with Gasteiger partial charge in [-0.05, 0) is 30.5 Å². The van der Waals surface area contributed by atoms with Crippen LogP contribution < -0.4 is 0 Å². The molecule has 0 radical (unpaired) electrons. The number of nitrogens with zero attached hydrogens (tertiary/aromatic N) is 1. The van der Waals surface area contributed by atoms with Crippen LogP contribution in [0.25, 0.3) is 0 Å². The van der Waals surface area contributed by atoms with Crippen LogP contribution in [0.3, 0.4) is 0 Å². The fraction of sp³-hybridized carbons (Fsp3) is 0.571. The molecule has 0 saturated carbocycles. The van der Waals surface area contributed by atoms with Crippen LogP contribution in [0.2, 0.25) is 10.0 Å². The van der Waals surface area contributed by atoms with Crippen molar-refractivity contribution in [3.63, 3.8) is 0 Å². The molecule has 1 fully saturated rings. The number of hydrogen-bond acceptors (Lipinski definition) is 3. The summed E-state index contributed by atoms with van der Waals surface area (Å²) in [6.45, 7) is 0.654. The van der Waals surface area contributed by atoms with Crippen molar-refractivity contribution in [3.8, 4) is 0 Å². The second-order valence-electron chi connectivity index (χ2n) is 5.21. The fourth-order valence-electron chi connectivity index (χ4n) is 2.52. The van der Waals surface area contributed by atoms with Crippen LogP contribution in [0.4, 0.5) is 0 Å². The van der Waals surface area contributed by atoms with Gasteiger partial charge in [0, 0.05) is 18.1 Å². The summed E-state index contributed by atoms with van der Waals surface area (Å²) in [7, 11) is -3.68. The quantitative estimate of drug-likeness (QED) is 0.907. The van der Waals surface area contributed by atoms with E-state index in [0.29, 0.717) is 18.7 Å². The largest absolute Gasteiger partial charge is 0.392 e. The van der Waals surface area contributed by atoms with Crippen LogP contribution in [-0.2, 0) is 16.6 Å². The fourth-order valence-corrected chi connectivity index (χ4v) is 4.94. The van der Waals surface area contributed by atoms with Gasteiger partial charge >= 0.3 is 0 Å². The summed E-state index contributed by atoms with van der Waals surface area (Å²) in [5, 5.41) is 9.59. The van der Waals surface area contributed by atoms with E-state index >= 15 is 0 Å². The molecular weight excluding hydrogens is 333 g/mol. The number of hydrogen-bond donors (Lipinski definition) is 1. The molecule has 0 amide bonds. The van der Waals surface area contributed by atoms with Gasteiger partial charge in [0.2, 0.25) is 10.0 Å². The molecule has 0 aromatic heterocycles. The Hall–Kier alpha value is -0.330. The summed E-state index contributed by atoms with van der Waals surface area (Å²) in [5.41, 5.74) is 0.329. The lowest BCUT2D eigenvalue weighted by Gasteiger charge is -2.25. The molecule has 2 rings (SSSR count). The Labute approximate surface area is 135 Å². The van der Waals surface area contributed by atoms with Crippen molar-refractivity contribution < 1.29 is 13.5 Å². The van der Waals surface area contributed by atoms with Gasteiger partial charge in [0.1, 0.15) is 4.90 Å². The topological polar surface area (TPSA) is 57.6 Å². The lowest BCUT2D eigenvalue weighted by atomic mass is 10.1. The van der Waals surface area contributed by atoms with Gasteiger partial charge < -0.3 is 5.11 Å². The molecule has 1 aromatic carbocycles. The van der Waals surface area contributed by atoms with E-state index in [4.69, 9.17) is 23.2 Å². The van der Waals surface area contributed by atoms with Gasteiger partial charge in [-0.25, -0.2) is 8.42 Å². The maximum atomic E-state index is 12.8. The van der Waals surface area contributed by atoms with Crippen molar-refractivity contribution in [2.24, 2.45) is 0 Å². The van der Waals surface area contributed by atoms with Gasteiger partial charge in [-0.1, -0.05) is 42.5 Å². The predicted octanol–water partition coefficient (Wildman–Crippen LogP) is 3.44. The summed E-state index contributed by atoms with van der Waals surface area (Å²) in [6.07, 6.45) is 4.93. The van der Waals surface area contributed by atoms with Crippen LogP contribution in [-0.4, -0.2) is 30.9 Å². The van der Waals surface area contributed by atoms with Crippen molar-refractivity contribution in [3.05, 3.63) is 27.7 Å². The molecule has 1 saturated heterocycles. The Kier molecular flexibility index (Phi) is 5.91. The standard InChI is InChI=1S/C14H19Cl2NO3S/c15-12-8-11(10-18)14(16)13(9-12)21(19,20)17-6-4-2-1-3-5-7-17/h8-9,18H,1-7,10H2. The van der Waals surface area contributed by atoms with Crippen LogP contribution in [0.15, 0.2) is 17.0 Å². The third kappa shape index (κ3) is 3.90. The van der Waals surface area contributed by atoms with Crippen molar-refractivity contribution in [2.45, 2.75) is 43.6 Å². The summed E-state index contributed by atoms with van der Waals surface area (Å²) < 4.78 is 27.1. The van der Waals surface area contributed by atoms with Crippen LogP contribution in [0.5, 0.6) is 0 Å². The van der Waals surface area contributed by atoms with Gasteiger partial charge in [-0.3, -0.25) is 0 Å². The predicted molar refractivity (Wildman–Crippen MR) is 84.2 cm³/mol. The third-order valence-corrected chi connectivity index (χ3v) is 6.38. The molecule has 0 bridgehead atoms. The zero-order valence-electron chi connectivity index (χ0n) is 11.7. The lowest BCUT2D eigenvalue weighted by molar-refractivity contribution is 0.281. The van der Waals surface area contributed by atoms with E-state index in [0.717, 1.165) is 32.1 Å². The van der Waals surface area contributed by atoms with E-state index in [1.54, 1.807) is 0 Å². The van der Waals surface area contributed by atoms with Crippen molar-refractivity contribution >= 4 is 33.2 Å². The Morgan fingerprint density at radius 1 is 1.05 bits per heavy atom. The van der Waals surface area contributed by atoms with Crippen molar-refractivity contribution in [2.75, 3.05) is 13.1 Å². The number of aliphatic hydroxyl groups excluding tert-OH is 1. The number of halogens is 2. The summed E-state index contributed by atoms with van der Waals surface area (Å²) >= 11 is 12.1. The van der Waals surface area contributed by atoms with Gasteiger partial charge in [-0.15, -0.1) is 0 Å². The molecule has 118 valence electrons. The molecule has 1 N–H and O–H groups in total. The summed E-state index contributed by atoms with van der Waals surface area (Å²) in [5.74, 6) is 0. The van der Waals surface area contributed by atoms with E-state index in [1.807, 2.05) is 0 Å². The first-order valence-electron chi connectivity index (χ1n) is 7.05. The summed E-state index contributed by atoms with van der Waals surface area (Å²) in [6, 6.07) is 2.84. The van der Waals surface area contributed by atoms with Crippen LogP contribution in [0.1, 0.15) is 37.7 Å². The second-order valence-corrected chi connectivity index (χ2v) is 7.93. The number of benzene rings is 1. The minimum Gasteiger partial charge on any atom is -0.392 e.